The summed E-state index contributed by atoms with van der Waals surface area (Å²) in [6, 6.07) is 1.93. The van der Waals surface area contributed by atoms with Gasteiger partial charge in [0.2, 0.25) is 0 Å². The van der Waals surface area contributed by atoms with Crippen LogP contribution < -0.4 is 10.5 Å². The monoisotopic (exact) mass is 347 g/mol. The van der Waals surface area contributed by atoms with Crippen molar-refractivity contribution in [1.29, 1.82) is 0 Å². The van der Waals surface area contributed by atoms with E-state index in [9.17, 15) is 9.90 Å². The number of nitrogens with two attached hydrogens (primary N) is 1. The van der Waals surface area contributed by atoms with E-state index in [1.807, 2.05) is 6.07 Å². The predicted molar refractivity (Wildman–Crippen MR) is 97.4 cm³/mol. The van der Waals surface area contributed by atoms with Gasteiger partial charge in [-0.05, 0) is 59.6 Å². The number of methoxy groups -OCH3 is 2. The molecule has 0 heterocycles. The lowest BCUT2D eigenvalue weighted by atomic mass is 9.50. The van der Waals surface area contributed by atoms with Gasteiger partial charge in [0, 0.05) is 7.11 Å². The zero-order valence-corrected chi connectivity index (χ0v) is 15.6. The second kappa shape index (κ2) is 6.20. The molecule has 2 aliphatic rings. The molecule has 1 aromatic rings. The largest absolute Gasteiger partial charge is 0.496 e. The predicted octanol–water partition coefficient (Wildman–Crippen LogP) is 3.63. The molecule has 0 radical (unpaired) electrons. The van der Waals surface area contributed by atoms with E-state index < -0.39 is 5.97 Å². The molecule has 0 amide bonds. The fraction of sp³-hybridized carbons (Fsp3) is 0.650. The summed E-state index contributed by atoms with van der Waals surface area (Å²) in [4.78, 5) is 11.7. The maximum atomic E-state index is 11.7. The van der Waals surface area contributed by atoms with Crippen LogP contribution in [0, 0.1) is 11.3 Å². The lowest BCUT2D eigenvalue weighted by molar-refractivity contribution is -0.0324. The van der Waals surface area contributed by atoms with Gasteiger partial charge in [-0.2, -0.15) is 0 Å². The number of aromatic carboxylic acids is 1. The van der Waals surface area contributed by atoms with E-state index in [2.05, 4.69) is 13.8 Å². The van der Waals surface area contributed by atoms with Crippen LogP contribution in [0.3, 0.4) is 0 Å². The highest BCUT2D eigenvalue weighted by Gasteiger charge is 2.52. The Morgan fingerprint density at radius 1 is 1.36 bits per heavy atom. The number of hydrogen-bond acceptors (Lipinski definition) is 4. The van der Waals surface area contributed by atoms with Crippen molar-refractivity contribution in [3.8, 4) is 5.75 Å². The molecule has 2 aliphatic carbocycles. The van der Waals surface area contributed by atoms with E-state index in [4.69, 9.17) is 15.2 Å². The molecule has 3 atom stereocenters. The smallest absolute Gasteiger partial charge is 0.341 e. The Labute approximate surface area is 149 Å². The van der Waals surface area contributed by atoms with Gasteiger partial charge >= 0.3 is 5.97 Å². The van der Waals surface area contributed by atoms with Crippen LogP contribution in [0.25, 0.3) is 0 Å². The third-order valence-corrected chi connectivity index (χ3v) is 6.70. The van der Waals surface area contributed by atoms with Gasteiger partial charge in [0.25, 0.3) is 0 Å². The van der Waals surface area contributed by atoms with E-state index in [-0.39, 0.29) is 16.4 Å². The molecule has 1 fully saturated rings. The molecule has 0 aromatic heterocycles. The molecule has 5 heteroatoms. The number of fused-ring (bicyclic) bond motifs is 3. The molecule has 1 aromatic carbocycles. The maximum Gasteiger partial charge on any atom is 0.341 e. The number of carbonyl (C=O) groups is 1. The van der Waals surface area contributed by atoms with Crippen molar-refractivity contribution in [2.75, 3.05) is 26.6 Å². The van der Waals surface area contributed by atoms with Crippen molar-refractivity contribution in [2.45, 2.75) is 51.4 Å². The minimum atomic E-state index is -1.03. The maximum absolute atomic E-state index is 11.7. The van der Waals surface area contributed by atoms with Gasteiger partial charge in [0.05, 0.1) is 19.4 Å². The van der Waals surface area contributed by atoms with Crippen molar-refractivity contribution in [2.24, 2.45) is 11.3 Å². The van der Waals surface area contributed by atoms with Gasteiger partial charge in [-0.3, -0.25) is 0 Å². The minimum Gasteiger partial charge on any atom is -0.496 e. The summed E-state index contributed by atoms with van der Waals surface area (Å²) in [6.45, 7) is 5.39. The number of benzene rings is 1. The van der Waals surface area contributed by atoms with Gasteiger partial charge in [0.15, 0.2) is 0 Å². The van der Waals surface area contributed by atoms with Crippen molar-refractivity contribution in [3.05, 3.63) is 22.8 Å². The summed E-state index contributed by atoms with van der Waals surface area (Å²) in [5.74, 6) is -0.178. The summed E-state index contributed by atoms with van der Waals surface area (Å²) in [5.41, 5.74) is 9.05. The summed E-state index contributed by atoms with van der Waals surface area (Å²) in [6.07, 6.45) is 5.20. The molecular weight excluding hydrogens is 318 g/mol. The molecule has 1 unspecified atom stereocenters. The molecule has 5 nitrogen and oxygen atoms in total. The first-order valence-electron chi connectivity index (χ1n) is 9.00. The van der Waals surface area contributed by atoms with E-state index in [0.717, 1.165) is 44.3 Å². The van der Waals surface area contributed by atoms with Gasteiger partial charge in [-0.1, -0.05) is 20.3 Å². The third-order valence-electron chi connectivity index (χ3n) is 6.70. The number of ether oxygens (including phenoxy) is 2. The second-order valence-corrected chi connectivity index (χ2v) is 8.15. The summed E-state index contributed by atoms with van der Waals surface area (Å²) >= 11 is 0. The first-order valence-corrected chi connectivity index (χ1v) is 9.00. The number of carboxylic acids is 1. The van der Waals surface area contributed by atoms with Gasteiger partial charge in [-0.25, -0.2) is 4.79 Å². The zero-order chi connectivity index (χ0) is 18.4. The Balaban J connectivity index is 2.18. The first kappa shape index (κ1) is 18.1. The highest BCUT2D eigenvalue weighted by molar-refractivity contribution is 5.98. The van der Waals surface area contributed by atoms with Crippen LogP contribution in [0.5, 0.6) is 5.75 Å². The van der Waals surface area contributed by atoms with Crippen LogP contribution in [0.2, 0.25) is 0 Å². The summed E-state index contributed by atoms with van der Waals surface area (Å²) < 4.78 is 11.0. The van der Waals surface area contributed by atoms with Crippen molar-refractivity contribution >= 4 is 11.7 Å². The van der Waals surface area contributed by atoms with Gasteiger partial charge in [-0.15, -0.1) is 0 Å². The molecule has 0 saturated heterocycles. The molecule has 0 spiro atoms. The minimum absolute atomic E-state index is 0.0302. The average Bonchev–Trinajstić information content (AvgIpc) is 2.54. The van der Waals surface area contributed by atoms with E-state index in [0.29, 0.717) is 17.4 Å². The molecule has 138 valence electrons. The fourth-order valence-corrected chi connectivity index (χ4v) is 5.64. The van der Waals surface area contributed by atoms with Crippen LogP contribution in [0.1, 0.15) is 61.0 Å². The van der Waals surface area contributed by atoms with Crippen LogP contribution in [-0.2, 0) is 16.6 Å². The lowest BCUT2D eigenvalue weighted by Crippen LogP contribution is -2.51. The average molecular weight is 347 g/mol. The van der Waals surface area contributed by atoms with Crippen LogP contribution in [-0.4, -0.2) is 31.9 Å². The standard InChI is InChI=1S/C20H29NO4/c1-19(11-24-3)8-5-9-20(2)13-10-14(25-4)16(18(22)23)17(21)12(13)6-7-15(19)20/h10,15H,5-9,11,21H2,1-4H3,(H,22,23)/t15?,19-,20-/m1/s1. The molecule has 1 saturated carbocycles. The molecule has 0 aliphatic heterocycles. The summed E-state index contributed by atoms with van der Waals surface area (Å²) in [7, 11) is 3.28. The van der Waals surface area contributed by atoms with E-state index in [1.165, 1.54) is 12.7 Å². The SMILES string of the molecule is COC[C@@]1(C)CCC[C@]2(C)c3cc(OC)c(C(=O)O)c(N)c3CCC12. The van der Waals surface area contributed by atoms with Crippen molar-refractivity contribution < 1.29 is 19.4 Å². The number of anilines is 1. The Morgan fingerprint density at radius 3 is 2.68 bits per heavy atom. The topological polar surface area (TPSA) is 81.8 Å². The van der Waals surface area contributed by atoms with Crippen LogP contribution in [0.15, 0.2) is 6.07 Å². The lowest BCUT2D eigenvalue weighted by Gasteiger charge is -2.55. The normalized spacial score (nSPS) is 31.1. The summed E-state index contributed by atoms with van der Waals surface area (Å²) in [5, 5.41) is 9.55. The number of hydrogen-bond donors (Lipinski definition) is 2. The Hall–Kier alpha value is -1.75. The Morgan fingerprint density at radius 2 is 2.08 bits per heavy atom. The second-order valence-electron chi connectivity index (χ2n) is 8.15. The van der Waals surface area contributed by atoms with Crippen molar-refractivity contribution in [1.82, 2.24) is 0 Å². The van der Waals surface area contributed by atoms with E-state index >= 15 is 0 Å². The number of carboxylic acid groups (broad SMARTS) is 1. The quantitative estimate of drug-likeness (QED) is 0.813. The van der Waals surface area contributed by atoms with Gasteiger partial charge in [0.1, 0.15) is 11.3 Å². The Kier molecular flexibility index (Phi) is 4.48. The highest BCUT2D eigenvalue weighted by atomic mass is 16.5. The molecule has 3 N–H and O–H groups in total. The fourth-order valence-electron chi connectivity index (χ4n) is 5.64. The van der Waals surface area contributed by atoms with Gasteiger partial charge < -0.3 is 20.3 Å². The highest BCUT2D eigenvalue weighted by Crippen LogP contribution is 2.58. The molecular formula is C20H29NO4. The number of rotatable bonds is 4. The van der Waals surface area contributed by atoms with Crippen LogP contribution >= 0.6 is 0 Å². The van der Waals surface area contributed by atoms with E-state index in [1.54, 1.807) is 7.11 Å². The molecule has 3 rings (SSSR count). The third kappa shape index (κ3) is 2.60. The first-order chi connectivity index (χ1) is 11.8. The van der Waals surface area contributed by atoms with Crippen LogP contribution in [0.4, 0.5) is 5.69 Å². The Bertz CT molecular complexity index is 697. The molecule has 0 bridgehead atoms. The van der Waals surface area contributed by atoms with Crippen molar-refractivity contribution in [3.63, 3.8) is 0 Å². The number of nitrogen functional groups attached to an aromatic ring is 1. The zero-order valence-electron chi connectivity index (χ0n) is 15.6. The molecule has 25 heavy (non-hydrogen) atoms.